The lowest BCUT2D eigenvalue weighted by Crippen LogP contribution is -2.49. The molecule has 1 aliphatic heterocycles. The van der Waals surface area contributed by atoms with Crippen molar-refractivity contribution in [3.05, 3.63) is 58.5 Å². The maximum atomic E-state index is 12.6. The zero-order chi connectivity index (χ0) is 15.6. The number of hydrogen-bond acceptors (Lipinski definition) is 3. The van der Waals surface area contributed by atoms with Crippen molar-refractivity contribution in [2.24, 2.45) is 0 Å². The summed E-state index contributed by atoms with van der Waals surface area (Å²) in [5.41, 5.74) is 1.42. The lowest BCUT2D eigenvalue weighted by molar-refractivity contribution is 0.0337. The van der Waals surface area contributed by atoms with E-state index < -0.39 is 5.54 Å². The maximum Gasteiger partial charge on any atom is 0.287 e. The number of carbonyl (C=O) groups is 1. The molecule has 0 atom stereocenters. The van der Waals surface area contributed by atoms with Crippen molar-refractivity contribution >= 4 is 17.5 Å². The van der Waals surface area contributed by atoms with Crippen LogP contribution < -0.4 is 5.32 Å². The van der Waals surface area contributed by atoms with E-state index in [4.69, 9.17) is 20.8 Å². The van der Waals surface area contributed by atoms with Crippen LogP contribution in [0.25, 0.3) is 0 Å². The fourth-order valence-electron chi connectivity index (χ4n) is 2.85. The predicted molar refractivity (Wildman–Crippen MR) is 84.1 cm³/mol. The molecule has 4 nitrogen and oxygen atoms in total. The van der Waals surface area contributed by atoms with Crippen LogP contribution in [0.3, 0.4) is 0 Å². The van der Waals surface area contributed by atoms with E-state index in [0.717, 1.165) is 24.0 Å². The lowest BCUT2D eigenvalue weighted by atomic mass is 9.82. The van der Waals surface area contributed by atoms with Crippen molar-refractivity contribution in [1.29, 1.82) is 0 Å². The van der Waals surface area contributed by atoms with Gasteiger partial charge >= 0.3 is 0 Å². The molecule has 1 aromatic carbocycles. The third kappa shape index (κ3) is 2.89. The number of aryl methyl sites for hydroxylation is 1. The maximum absolute atomic E-state index is 12.6. The first kappa shape index (κ1) is 15.1. The minimum absolute atomic E-state index is 0.195. The number of benzene rings is 1. The van der Waals surface area contributed by atoms with Gasteiger partial charge in [0.1, 0.15) is 0 Å². The summed E-state index contributed by atoms with van der Waals surface area (Å²) >= 11 is 5.98. The summed E-state index contributed by atoms with van der Waals surface area (Å²) < 4.78 is 10.8. The first-order chi connectivity index (χ1) is 10.6. The Morgan fingerprint density at radius 3 is 2.45 bits per heavy atom. The number of ether oxygens (including phenoxy) is 1. The van der Waals surface area contributed by atoms with Crippen molar-refractivity contribution in [3.8, 4) is 0 Å². The summed E-state index contributed by atoms with van der Waals surface area (Å²) in [5.74, 6) is 0.166. The molecule has 116 valence electrons. The first-order valence-corrected chi connectivity index (χ1v) is 7.69. The van der Waals surface area contributed by atoms with E-state index >= 15 is 0 Å². The third-order valence-corrected chi connectivity index (χ3v) is 4.42. The molecule has 0 unspecified atom stereocenters. The average Bonchev–Trinajstić information content (AvgIpc) is 2.95. The number of halogens is 1. The zero-order valence-corrected chi connectivity index (χ0v) is 13.2. The molecule has 5 heteroatoms. The Morgan fingerprint density at radius 1 is 1.18 bits per heavy atom. The van der Waals surface area contributed by atoms with Gasteiger partial charge in [-0.3, -0.25) is 4.79 Å². The van der Waals surface area contributed by atoms with Gasteiger partial charge in [-0.15, -0.1) is 0 Å². The average molecular weight is 320 g/mol. The summed E-state index contributed by atoms with van der Waals surface area (Å²) in [6.45, 7) is 3.08. The molecule has 22 heavy (non-hydrogen) atoms. The fourth-order valence-corrected chi connectivity index (χ4v) is 2.98. The number of amides is 1. The van der Waals surface area contributed by atoms with Crippen LogP contribution in [0, 0.1) is 6.92 Å². The van der Waals surface area contributed by atoms with Crippen LogP contribution in [-0.2, 0) is 10.3 Å². The lowest BCUT2D eigenvalue weighted by Gasteiger charge is -2.38. The second kappa shape index (κ2) is 6.15. The molecule has 2 heterocycles. The van der Waals surface area contributed by atoms with Crippen LogP contribution in [0.2, 0.25) is 5.02 Å². The molecule has 0 spiro atoms. The largest absolute Gasteiger partial charge is 0.459 e. The molecule has 0 bridgehead atoms. The number of carbonyl (C=O) groups excluding carboxylic acids is 1. The van der Waals surface area contributed by atoms with E-state index in [0.29, 0.717) is 24.0 Å². The quantitative estimate of drug-likeness (QED) is 0.939. The highest BCUT2D eigenvalue weighted by molar-refractivity contribution is 6.30. The van der Waals surface area contributed by atoms with Gasteiger partial charge in [-0.25, -0.2) is 0 Å². The van der Waals surface area contributed by atoms with Gasteiger partial charge in [-0.2, -0.15) is 0 Å². The van der Waals surface area contributed by atoms with Gasteiger partial charge < -0.3 is 14.5 Å². The Balaban J connectivity index is 1.91. The van der Waals surface area contributed by atoms with Gasteiger partial charge in [-0.1, -0.05) is 23.7 Å². The van der Waals surface area contributed by atoms with E-state index in [9.17, 15) is 4.79 Å². The molecule has 0 aliphatic carbocycles. The van der Waals surface area contributed by atoms with Crippen LogP contribution in [0.5, 0.6) is 0 Å². The molecular formula is C17H18ClNO3. The van der Waals surface area contributed by atoms with Crippen molar-refractivity contribution < 1.29 is 13.9 Å². The van der Waals surface area contributed by atoms with E-state index in [1.807, 2.05) is 31.2 Å². The molecule has 1 aromatic heterocycles. The number of hydrogen-bond donors (Lipinski definition) is 1. The zero-order valence-electron chi connectivity index (χ0n) is 12.4. The smallest absolute Gasteiger partial charge is 0.287 e. The van der Waals surface area contributed by atoms with Gasteiger partial charge in [0.15, 0.2) is 5.76 Å². The van der Waals surface area contributed by atoms with E-state index in [1.54, 1.807) is 6.07 Å². The monoisotopic (exact) mass is 319 g/mol. The van der Waals surface area contributed by atoms with Gasteiger partial charge in [0.05, 0.1) is 11.8 Å². The Hall–Kier alpha value is -1.78. The van der Waals surface area contributed by atoms with E-state index in [2.05, 4.69) is 5.32 Å². The number of rotatable bonds is 3. The van der Waals surface area contributed by atoms with Gasteiger partial charge in [-0.05, 0) is 43.5 Å². The molecule has 1 saturated heterocycles. The van der Waals surface area contributed by atoms with Crippen LogP contribution in [0.15, 0.2) is 41.0 Å². The summed E-state index contributed by atoms with van der Waals surface area (Å²) in [4.78, 5) is 12.6. The van der Waals surface area contributed by atoms with E-state index in [-0.39, 0.29) is 5.91 Å². The van der Waals surface area contributed by atoms with Crippen LogP contribution in [-0.4, -0.2) is 19.1 Å². The highest BCUT2D eigenvalue weighted by atomic mass is 35.5. The Labute approximate surface area is 134 Å². The van der Waals surface area contributed by atoms with Gasteiger partial charge in [0.25, 0.3) is 5.91 Å². The minimum atomic E-state index is -0.445. The molecule has 0 saturated carbocycles. The molecule has 2 aromatic rings. The second-order valence-corrected chi connectivity index (χ2v) is 6.02. The molecule has 1 fully saturated rings. The predicted octanol–water partition coefficient (Wildman–Crippen LogP) is 3.68. The highest BCUT2D eigenvalue weighted by Crippen LogP contribution is 2.33. The van der Waals surface area contributed by atoms with Gasteiger partial charge in [0.2, 0.25) is 0 Å². The molecule has 1 aliphatic rings. The Bertz CT molecular complexity index is 657. The standard InChI is InChI=1S/C17H18ClNO3/c1-12-6-9-22-15(12)16(20)19-17(7-10-21-11-8-17)13-2-4-14(18)5-3-13/h2-6,9H,7-8,10-11H2,1H3,(H,19,20). The molecule has 1 amide bonds. The van der Waals surface area contributed by atoms with Crippen molar-refractivity contribution in [1.82, 2.24) is 5.32 Å². The van der Waals surface area contributed by atoms with Crippen molar-refractivity contribution in [2.75, 3.05) is 13.2 Å². The molecule has 1 N–H and O–H groups in total. The molecule has 3 rings (SSSR count). The summed E-state index contributed by atoms with van der Waals surface area (Å²) in [6.07, 6.45) is 2.98. The topological polar surface area (TPSA) is 51.5 Å². The van der Waals surface area contributed by atoms with Crippen molar-refractivity contribution in [2.45, 2.75) is 25.3 Å². The van der Waals surface area contributed by atoms with Crippen molar-refractivity contribution in [3.63, 3.8) is 0 Å². The molecule has 0 radical (unpaired) electrons. The Kier molecular flexibility index (Phi) is 4.23. The van der Waals surface area contributed by atoms with Crippen LogP contribution in [0.1, 0.15) is 34.5 Å². The third-order valence-electron chi connectivity index (χ3n) is 4.16. The summed E-state index contributed by atoms with van der Waals surface area (Å²) in [7, 11) is 0. The SMILES string of the molecule is Cc1ccoc1C(=O)NC1(c2ccc(Cl)cc2)CCOCC1. The number of furan rings is 1. The summed E-state index contributed by atoms with van der Waals surface area (Å²) in [5, 5.41) is 3.84. The fraction of sp³-hybridized carbons (Fsp3) is 0.353. The minimum Gasteiger partial charge on any atom is -0.459 e. The summed E-state index contributed by atoms with van der Waals surface area (Å²) in [6, 6.07) is 9.40. The normalized spacial score (nSPS) is 17.2. The Morgan fingerprint density at radius 2 is 1.86 bits per heavy atom. The van der Waals surface area contributed by atoms with E-state index in [1.165, 1.54) is 6.26 Å². The first-order valence-electron chi connectivity index (χ1n) is 7.31. The molecular weight excluding hydrogens is 302 g/mol. The van der Waals surface area contributed by atoms with Gasteiger partial charge in [0, 0.05) is 23.8 Å². The van der Waals surface area contributed by atoms with Crippen LogP contribution in [0.4, 0.5) is 0 Å². The second-order valence-electron chi connectivity index (χ2n) is 5.59. The highest BCUT2D eigenvalue weighted by Gasteiger charge is 2.37. The number of nitrogens with one attached hydrogen (secondary N) is 1. The van der Waals surface area contributed by atoms with Crippen LogP contribution >= 0.6 is 11.6 Å².